The van der Waals surface area contributed by atoms with Gasteiger partial charge in [-0.2, -0.15) is 0 Å². The molecular formula is C30H32N2O5S. The SMILES string of the molecule is COc1ccccc1N1CCN(CCCS(=O)(=O)c2cccc3c(=O)c(C)c(-c4ccccc4)oc23)CC1. The molecule has 38 heavy (non-hydrogen) atoms. The molecular weight excluding hydrogens is 500 g/mol. The zero-order valence-electron chi connectivity index (χ0n) is 21.7. The van der Waals surface area contributed by atoms with Crippen LogP contribution in [0.15, 0.2) is 86.9 Å². The molecule has 0 radical (unpaired) electrons. The predicted molar refractivity (Wildman–Crippen MR) is 151 cm³/mol. The van der Waals surface area contributed by atoms with Crippen molar-refractivity contribution in [3.8, 4) is 17.1 Å². The van der Waals surface area contributed by atoms with E-state index >= 15 is 0 Å². The van der Waals surface area contributed by atoms with Gasteiger partial charge in [0.2, 0.25) is 0 Å². The molecule has 1 aliphatic rings. The molecule has 0 atom stereocenters. The maximum atomic E-state index is 13.4. The van der Waals surface area contributed by atoms with Gasteiger partial charge >= 0.3 is 0 Å². The number of methoxy groups -OCH3 is 1. The second-order valence-electron chi connectivity index (χ2n) is 9.56. The number of benzene rings is 3. The van der Waals surface area contributed by atoms with E-state index in [0.29, 0.717) is 24.3 Å². The molecule has 2 heterocycles. The zero-order valence-corrected chi connectivity index (χ0v) is 22.5. The first-order valence-electron chi connectivity index (χ1n) is 12.8. The Labute approximate surface area is 223 Å². The van der Waals surface area contributed by atoms with Gasteiger partial charge < -0.3 is 14.1 Å². The molecule has 7 nitrogen and oxygen atoms in total. The Morgan fingerprint density at radius 1 is 0.895 bits per heavy atom. The number of anilines is 1. The summed E-state index contributed by atoms with van der Waals surface area (Å²) >= 11 is 0. The van der Waals surface area contributed by atoms with Gasteiger partial charge in [-0.15, -0.1) is 0 Å². The molecule has 0 bridgehead atoms. The maximum Gasteiger partial charge on any atom is 0.196 e. The number of para-hydroxylation sites is 3. The molecule has 1 aliphatic heterocycles. The molecule has 0 saturated carbocycles. The zero-order chi connectivity index (χ0) is 26.7. The van der Waals surface area contributed by atoms with Gasteiger partial charge in [-0.1, -0.05) is 48.5 Å². The van der Waals surface area contributed by atoms with Crippen molar-refractivity contribution in [1.82, 2.24) is 4.90 Å². The van der Waals surface area contributed by atoms with Crippen molar-refractivity contribution in [3.05, 3.63) is 88.6 Å². The lowest BCUT2D eigenvalue weighted by Gasteiger charge is -2.36. The van der Waals surface area contributed by atoms with Crippen LogP contribution in [0.5, 0.6) is 5.75 Å². The van der Waals surface area contributed by atoms with Crippen LogP contribution in [0.3, 0.4) is 0 Å². The number of piperazine rings is 1. The summed E-state index contributed by atoms with van der Waals surface area (Å²) in [4.78, 5) is 17.8. The van der Waals surface area contributed by atoms with Crippen LogP contribution in [-0.2, 0) is 9.84 Å². The largest absolute Gasteiger partial charge is 0.495 e. The lowest BCUT2D eigenvalue weighted by atomic mass is 10.1. The minimum Gasteiger partial charge on any atom is -0.495 e. The summed E-state index contributed by atoms with van der Waals surface area (Å²) in [5.74, 6) is 1.25. The van der Waals surface area contributed by atoms with Gasteiger partial charge in [-0.25, -0.2) is 8.42 Å². The molecule has 0 aliphatic carbocycles. The number of sulfone groups is 1. The average molecular weight is 533 g/mol. The van der Waals surface area contributed by atoms with E-state index < -0.39 is 9.84 Å². The van der Waals surface area contributed by atoms with E-state index in [4.69, 9.17) is 9.15 Å². The number of ether oxygens (including phenoxy) is 1. The van der Waals surface area contributed by atoms with E-state index in [0.717, 1.165) is 43.2 Å². The van der Waals surface area contributed by atoms with Gasteiger partial charge in [-0.3, -0.25) is 9.69 Å². The molecule has 1 saturated heterocycles. The molecule has 0 amide bonds. The van der Waals surface area contributed by atoms with E-state index in [1.807, 2.05) is 48.5 Å². The minimum atomic E-state index is -3.67. The predicted octanol–water partition coefficient (Wildman–Crippen LogP) is 4.76. The van der Waals surface area contributed by atoms with Crippen LogP contribution < -0.4 is 15.1 Å². The van der Waals surface area contributed by atoms with Gasteiger partial charge in [0, 0.05) is 37.3 Å². The lowest BCUT2D eigenvalue weighted by molar-refractivity contribution is 0.258. The quantitative estimate of drug-likeness (QED) is 0.324. The molecule has 4 aromatic rings. The highest BCUT2D eigenvalue weighted by Gasteiger charge is 2.24. The van der Waals surface area contributed by atoms with Crippen molar-refractivity contribution in [2.45, 2.75) is 18.2 Å². The molecule has 0 N–H and O–H groups in total. The van der Waals surface area contributed by atoms with Crippen molar-refractivity contribution in [1.29, 1.82) is 0 Å². The molecule has 1 aromatic heterocycles. The normalized spacial score (nSPS) is 14.6. The summed E-state index contributed by atoms with van der Waals surface area (Å²) in [7, 11) is -1.98. The summed E-state index contributed by atoms with van der Waals surface area (Å²) < 4.78 is 38.5. The fraction of sp³-hybridized carbons (Fsp3) is 0.300. The third-order valence-corrected chi connectivity index (χ3v) is 8.98. The smallest absolute Gasteiger partial charge is 0.196 e. The Hall–Kier alpha value is -3.62. The Kier molecular flexibility index (Phi) is 7.53. The number of hydrogen-bond acceptors (Lipinski definition) is 7. The van der Waals surface area contributed by atoms with Crippen LogP contribution in [-0.4, -0.2) is 58.9 Å². The highest BCUT2D eigenvalue weighted by Crippen LogP contribution is 2.30. The Balaban J connectivity index is 1.29. The monoisotopic (exact) mass is 532 g/mol. The first-order chi connectivity index (χ1) is 18.4. The second kappa shape index (κ2) is 11.0. The summed E-state index contributed by atoms with van der Waals surface area (Å²) in [5, 5.41) is 0.288. The lowest BCUT2D eigenvalue weighted by Crippen LogP contribution is -2.46. The summed E-state index contributed by atoms with van der Waals surface area (Å²) in [6.07, 6.45) is 0.495. The molecule has 3 aromatic carbocycles. The van der Waals surface area contributed by atoms with Crippen molar-refractivity contribution >= 4 is 26.5 Å². The van der Waals surface area contributed by atoms with Crippen molar-refractivity contribution in [3.63, 3.8) is 0 Å². The van der Waals surface area contributed by atoms with E-state index in [1.54, 1.807) is 26.2 Å². The van der Waals surface area contributed by atoms with E-state index in [2.05, 4.69) is 15.9 Å². The van der Waals surface area contributed by atoms with Crippen LogP contribution in [0, 0.1) is 6.92 Å². The van der Waals surface area contributed by atoms with Crippen LogP contribution in [0.1, 0.15) is 12.0 Å². The van der Waals surface area contributed by atoms with Crippen molar-refractivity contribution in [2.24, 2.45) is 0 Å². The number of nitrogens with zero attached hydrogens (tertiary/aromatic N) is 2. The van der Waals surface area contributed by atoms with E-state index in [9.17, 15) is 13.2 Å². The van der Waals surface area contributed by atoms with E-state index in [1.165, 1.54) is 6.07 Å². The highest BCUT2D eigenvalue weighted by molar-refractivity contribution is 7.91. The first-order valence-corrected chi connectivity index (χ1v) is 14.5. The fourth-order valence-electron chi connectivity index (χ4n) is 5.09. The van der Waals surface area contributed by atoms with Gasteiger partial charge in [0.25, 0.3) is 0 Å². The van der Waals surface area contributed by atoms with Gasteiger partial charge in [0.15, 0.2) is 20.8 Å². The summed E-state index contributed by atoms with van der Waals surface area (Å²) in [6.45, 7) is 5.79. The Morgan fingerprint density at radius 3 is 2.34 bits per heavy atom. The topological polar surface area (TPSA) is 80.1 Å². The second-order valence-corrected chi connectivity index (χ2v) is 11.6. The number of rotatable bonds is 8. The third-order valence-electron chi connectivity index (χ3n) is 7.17. The van der Waals surface area contributed by atoms with Crippen molar-refractivity contribution < 1.29 is 17.6 Å². The molecule has 0 unspecified atom stereocenters. The molecule has 0 spiro atoms. The molecule has 5 rings (SSSR count). The van der Waals surface area contributed by atoms with Crippen molar-refractivity contribution in [2.75, 3.05) is 50.5 Å². The standard InChI is InChI=1S/C30H32N2O5S/c1-22-28(33)24-12-8-15-27(30(24)37-29(22)23-10-4-3-5-11-23)38(34,35)21-9-16-31-17-19-32(20-18-31)25-13-6-7-14-26(25)36-2/h3-8,10-15H,9,16-21H2,1-2H3. The van der Waals surface area contributed by atoms with Gasteiger partial charge in [0.05, 0.1) is 23.9 Å². The van der Waals surface area contributed by atoms with Crippen LogP contribution >= 0.6 is 0 Å². The first kappa shape index (κ1) is 26.0. The Bertz CT molecular complexity index is 1590. The van der Waals surface area contributed by atoms with Gasteiger partial charge in [-0.05, 0) is 44.2 Å². The van der Waals surface area contributed by atoms with Gasteiger partial charge in [0.1, 0.15) is 16.4 Å². The van der Waals surface area contributed by atoms with Crippen LogP contribution in [0.25, 0.3) is 22.3 Å². The van der Waals surface area contributed by atoms with Crippen LogP contribution in [0.2, 0.25) is 0 Å². The molecule has 1 fully saturated rings. The Morgan fingerprint density at radius 2 is 1.61 bits per heavy atom. The fourth-order valence-corrected chi connectivity index (χ4v) is 6.53. The summed E-state index contributed by atoms with van der Waals surface area (Å²) in [5.41, 5.74) is 2.20. The molecule has 198 valence electrons. The number of hydrogen-bond donors (Lipinski definition) is 0. The third kappa shape index (κ3) is 5.19. The van der Waals surface area contributed by atoms with E-state index in [-0.39, 0.29) is 27.0 Å². The van der Waals surface area contributed by atoms with Crippen LogP contribution in [0.4, 0.5) is 5.69 Å². The highest BCUT2D eigenvalue weighted by atomic mass is 32.2. The summed E-state index contributed by atoms with van der Waals surface area (Å²) in [6, 6.07) is 22.1. The number of fused-ring (bicyclic) bond motifs is 1. The average Bonchev–Trinajstić information content (AvgIpc) is 2.95. The minimum absolute atomic E-state index is 0.0168. The molecule has 8 heteroatoms. The maximum absolute atomic E-state index is 13.4.